The Morgan fingerprint density at radius 1 is 1.50 bits per heavy atom. The maximum Gasteiger partial charge on any atom is 0.251 e. The van der Waals surface area contributed by atoms with Crippen LogP contribution in [0.25, 0.3) is 0 Å². The van der Waals surface area contributed by atoms with Gasteiger partial charge in [-0.2, -0.15) is 0 Å². The van der Waals surface area contributed by atoms with Crippen LogP contribution in [0, 0.1) is 12.8 Å². The minimum absolute atomic E-state index is 0.0219. The predicted molar refractivity (Wildman–Crippen MR) is 86.0 cm³/mol. The maximum absolute atomic E-state index is 12.1. The van der Waals surface area contributed by atoms with Gasteiger partial charge in [0, 0.05) is 29.2 Å². The van der Waals surface area contributed by atoms with E-state index in [9.17, 15) is 4.79 Å². The summed E-state index contributed by atoms with van der Waals surface area (Å²) in [6.45, 7) is 9.48. The van der Waals surface area contributed by atoms with E-state index in [4.69, 9.17) is 0 Å². The van der Waals surface area contributed by atoms with Gasteiger partial charge in [0.05, 0.1) is 0 Å². The van der Waals surface area contributed by atoms with Gasteiger partial charge in [0.1, 0.15) is 0 Å². The Kier molecular flexibility index (Phi) is 5.22. The lowest BCUT2D eigenvalue weighted by atomic mass is 10.1. The van der Waals surface area contributed by atoms with Gasteiger partial charge in [-0.05, 0) is 57.4 Å². The first-order chi connectivity index (χ1) is 9.47. The Labute approximate surface area is 129 Å². The Morgan fingerprint density at radius 2 is 2.25 bits per heavy atom. The predicted octanol–water partition coefficient (Wildman–Crippen LogP) is 3.22. The first-order valence-electron chi connectivity index (χ1n) is 7.25. The third-order valence-electron chi connectivity index (χ3n) is 4.03. The lowest BCUT2D eigenvalue weighted by molar-refractivity contribution is 0.0947. The summed E-state index contributed by atoms with van der Waals surface area (Å²) in [7, 11) is 0. The molecule has 110 valence electrons. The van der Waals surface area contributed by atoms with Gasteiger partial charge >= 0.3 is 0 Å². The van der Waals surface area contributed by atoms with Crippen LogP contribution >= 0.6 is 15.9 Å². The lowest BCUT2D eigenvalue weighted by Gasteiger charge is -2.20. The van der Waals surface area contributed by atoms with Crippen LogP contribution in [0.1, 0.15) is 36.2 Å². The van der Waals surface area contributed by atoms with Gasteiger partial charge < -0.3 is 10.2 Å². The van der Waals surface area contributed by atoms with Gasteiger partial charge in [-0.1, -0.05) is 22.0 Å². The molecule has 2 rings (SSSR count). The molecule has 3 nitrogen and oxygen atoms in total. The van der Waals surface area contributed by atoms with Crippen molar-refractivity contribution in [3.8, 4) is 0 Å². The fraction of sp³-hybridized carbons (Fsp3) is 0.562. The Balaban J connectivity index is 1.85. The van der Waals surface area contributed by atoms with E-state index in [2.05, 4.69) is 40.0 Å². The molecule has 0 aromatic heterocycles. The van der Waals surface area contributed by atoms with Crippen LogP contribution in [0.5, 0.6) is 0 Å². The molecule has 0 saturated carbocycles. The van der Waals surface area contributed by atoms with Crippen LogP contribution in [0.15, 0.2) is 22.7 Å². The van der Waals surface area contributed by atoms with E-state index in [0.29, 0.717) is 12.0 Å². The van der Waals surface area contributed by atoms with Gasteiger partial charge in [-0.15, -0.1) is 0 Å². The smallest absolute Gasteiger partial charge is 0.251 e. The van der Waals surface area contributed by atoms with Crippen molar-refractivity contribution in [1.29, 1.82) is 0 Å². The van der Waals surface area contributed by atoms with Crippen molar-refractivity contribution in [1.82, 2.24) is 10.2 Å². The molecular formula is C16H23BrN2O. The minimum atomic E-state index is 0.0219. The van der Waals surface area contributed by atoms with E-state index in [-0.39, 0.29) is 5.91 Å². The van der Waals surface area contributed by atoms with Gasteiger partial charge in [0.25, 0.3) is 5.91 Å². The van der Waals surface area contributed by atoms with Crippen molar-refractivity contribution < 1.29 is 4.79 Å². The molecule has 1 aromatic carbocycles. The van der Waals surface area contributed by atoms with E-state index in [1.165, 1.54) is 6.42 Å². The molecule has 0 bridgehead atoms. The summed E-state index contributed by atoms with van der Waals surface area (Å²) >= 11 is 3.47. The molecule has 1 aliphatic heterocycles. The number of rotatable bonds is 4. The molecule has 1 unspecified atom stereocenters. The second-order valence-corrected chi connectivity index (χ2v) is 6.77. The third kappa shape index (κ3) is 3.83. The molecule has 1 atom stereocenters. The topological polar surface area (TPSA) is 32.3 Å². The number of nitrogens with one attached hydrogen (secondary N) is 1. The lowest BCUT2D eigenvalue weighted by Crippen LogP contribution is -2.33. The molecule has 1 amide bonds. The average molecular weight is 339 g/mol. The third-order valence-corrected chi connectivity index (χ3v) is 4.89. The van der Waals surface area contributed by atoms with Crippen LogP contribution in [-0.2, 0) is 0 Å². The van der Waals surface area contributed by atoms with E-state index >= 15 is 0 Å². The van der Waals surface area contributed by atoms with E-state index < -0.39 is 0 Å². The van der Waals surface area contributed by atoms with Crippen LogP contribution in [0.4, 0.5) is 0 Å². The number of nitrogens with zero attached hydrogens (tertiary/aromatic N) is 1. The Bertz CT molecular complexity index is 487. The molecule has 0 aliphatic carbocycles. The fourth-order valence-electron chi connectivity index (χ4n) is 2.57. The van der Waals surface area contributed by atoms with Crippen LogP contribution < -0.4 is 5.32 Å². The molecule has 1 heterocycles. The highest BCUT2D eigenvalue weighted by molar-refractivity contribution is 9.10. The zero-order valence-electron chi connectivity index (χ0n) is 12.4. The molecule has 1 aromatic rings. The van der Waals surface area contributed by atoms with Gasteiger partial charge in [-0.3, -0.25) is 4.79 Å². The summed E-state index contributed by atoms with van der Waals surface area (Å²) in [6, 6.07) is 6.34. The van der Waals surface area contributed by atoms with Crippen molar-refractivity contribution in [3.05, 3.63) is 33.8 Å². The number of likely N-dealkylation sites (tertiary alicyclic amines) is 1. The Morgan fingerprint density at radius 3 is 2.85 bits per heavy atom. The summed E-state index contributed by atoms with van der Waals surface area (Å²) in [4.78, 5) is 14.6. The number of carbonyl (C=O) groups is 1. The van der Waals surface area contributed by atoms with Crippen molar-refractivity contribution in [2.75, 3.05) is 19.6 Å². The highest BCUT2D eigenvalue weighted by atomic mass is 79.9. The molecule has 1 fully saturated rings. The summed E-state index contributed by atoms with van der Waals surface area (Å²) < 4.78 is 0.983. The first-order valence-corrected chi connectivity index (χ1v) is 8.05. The maximum atomic E-state index is 12.1. The molecule has 0 radical (unpaired) electrons. The van der Waals surface area contributed by atoms with Crippen molar-refractivity contribution >= 4 is 21.8 Å². The second-order valence-electron chi connectivity index (χ2n) is 5.92. The Hall–Kier alpha value is -0.870. The van der Waals surface area contributed by atoms with Crippen molar-refractivity contribution in [3.63, 3.8) is 0 Å². The standard InChI is InChI=1S/C16H23BrN2O/c1-11(2)19-7-6-13(10-19)9-18-16(20)14-5-4-12(3)15(17)8-14/h4-5,8,11,13H,6-7,9-10H2,1-3H3,(H,18,20). The monoisotopic (exact) mass is 338 g/mol. The van der Waals surface area contributed by atoms with Crippen LogP contribution in [0.3, 0.4) is 0 Å². The van der Waals surface area contributed by atoms with Crippen molar-refractivity contribution in [2.24, 2.45) is 5.92 Å². The SMILES string of the molecule is Cc1ccc(C(=O)NCC2CCN(C(C)C)C2)cc1Br. The normalized spacial score (nSPS) is 19.6. The van der Waals surface area contributed by atoms with Gasteiger partial charge in [-0.25, -0.2) is 0 Å². The van der Waals surface area contributed by atoms with Crippen LogP contribution in [-0.4, -0.2) is 36.5 Å². The van der Waals surface area contributed by atoms with Gasteiger partial charge in [0.2, 0.25) is 0 Å². The number of benzene rings is 1. The highest BCUT2D eigenvalue weighted by Gasteiger charge is 2.24. The minimum Gasteiger partial charge on any atom is -0.352 e. The van der Waals surface area contributed by atoms with E-state index in [0.717, 1.165) is 35.2 Å². The molecule has 1 aliphatic rings. The van der Waals surface area contributed by atoms with E-state index in [1.807, 2.05) is 25.1 Å². The largest absolute Gasteiger partial charge is 0.352 e. The molecule has 20 heavy (non-hydrogen) atoms. The summed E-state index contributed by atoms with van der Waals surface area (Å²) in [6.07, 6.45) is 1.18. The molecule has 1 saturated heterocycles. The second kappa shape index (κ2) is 6.72. The molecule has 4 heteroatoms. The zero-order valence-corrected chi connectivity index (χ0v) is 14.0. The highest BCUT2D eigenvalue weighted by Crippen LogP contribution is 2.19. The van der Waals surface area contributed by atoms with Crippen molar-refractivity contribution in [2.45, 2.75) is 33.2 Å². The zero-order chi connectivity index (χ0) is 14.7. The number of halogens is 1. The van der Waals surface area contributed by atoms with Gasteiger partial charge in [0.15, 0.2) is 0 Å². The van der Waals surface area contributed by atoms with E-state index in [1.54, 1.807) is 0 Å². The number of hydrogen-bond donors (Lipinski definition) is 1. The number of aryl methyl sites for hydroxylation is 1. The van der Waals surface area contributed by atoms with Crippen LogP contribution in [0.2, 0.25) is 0 Å². The molecular weight excluding hydrogens is 316 g/mol. The average Bonchev–Trinajstić information content (AvgIpc) is 2.88. The summed E-state index contributed by atoms with van der Waals surface area (Å²) in [5, 5.41) is 3.06. The number of carbonyl (C=O) groups excluding carboxylic acids is 1. The molecule has 1 N–H and O–H groups in total. The first kappa shape index (κ1) is 15.5. The number of hydrogen-bond acceptors (Lipinski definition) is 2. The molecule has 0 spiro atoms. The number of amides is 1. The summed E-state index contributed by atoms with van der Waals surface area (Å²) in [5.41, 5.74) is 1.87. The fourth-order valence-corrected chi connectivity index (χ4v) is 2.95. The quantitative estimate of drug-likeness (QED) is 0.914. The summed E-state index contributed by atoms with van der Waals surface area (Å²) in [5.74, 6) is 0.601.